The number of sulfonamides is 1. The number of amides is 1. The van der Waals surface area contributed by atoms with Gasteiger partial charge in [-0.05, 0) is 29.7 Å². The van der Waals surface area contributed by atoms with Crippen molar-refractivity contribution in [1.29, 1.82) is 0 Å². The van der Waals surface area contributed by atoms with Crippen LogP contribution >= 0.6 is 11.8 Å². The van der Waals surface area contributed by atoms with Gasteiger partial charge in [-0.25, -0.2) is 12.7 Å². The molecule has 0 saturated heterocycles. The summed E-state index contributed by atoms with van der Waals surface area (Å²) >= 11 is 1.33. The Labute approximate surface area is 140 Å². The maximum Gasteiger partial charge on any atom is 0.270 e. The summed E-state index contributed by atoms with van der Waals surface area (Å²) in [5.41, 5.74) is 1.11. The van der Waals surface area contributed by atoms with Gasteiger partial charge in [-0.15, -0.1) is 11.8 Å². The summed E-state index contributed by atoms with van der Waals surface area (Å²) in [7, 11) is -3.76. The van der Waals surface area contributed by atoms with Gasteiger partial charge in [0.1, 0.15) is 4.90 Å². The average molecular weight is 347 g/mol. The zero-order valence-corrected chi connectivity index (χ0v) is 14.5. The number of fused-ring (bicyclic) bond motifs is 1. The fraction of sp³-hybridized carbons (Fsp3) is 0.235. The lowest BCUT2D eigenvalue weighted by Gasteiger charge is -2.14. The predicted molar refractivity (Wildman–Crippen MR) is 91.1 cm³/mol. The summed E-state index contributed by atoms with van der Waals surface area (Å²) in [6.45, 7) is 3.91. The van der Waals surface area contributed by atoms with Gasteiger partial charge in [-0.3, -0.25) is 4.79 Å². The van der Waals surface area contributed by atoms with Gasteiger partial charge < -0.3 is 0 Å². The molecule has 0 aliphatic carbocycles. The molecule has 1 aliphatic heterocycles. The van der Waals surface area contributed by atoms with Gasteiger partial charge in [-0.2, -0.15) is 0 Å². The maximum atomic E-state index is 12.7. The summed E-state index contributed by atoms with van der Waals surface area (Å²) in [5, 5.41) is 0. The Bertz CT molecular complexity index is 845. The normalized spacial score (nSPS) is 16.0. The molecule has 6 heteroatoms. The number of rotatable bonds is 4. The van der Waals surface area contributed by atoms with Gasteiger partial charge in [0.05, 0.1) is 11.4 Å². The standard InChI is InChI=1S/C17H17NO3S2/c1-12(2)14-9-6-10-15-16(14)17(19)18(23(15,20)21)11-22-13-7-4-3-5-8-13/h3-10,12H,11H2,1-2H3. The number of hydrogen-bond acceptors (Lipinski definition) is 4. The van der Waals surface area contributed by atoms with E-state index >= 15 is 0 Å². The quantitative estimate of drug-likeness (QED) is 0.791. The van der Waals surface area contributed by atoms with Crippen LogP contribution in [0.3, 0.4) is 0 Å². The lowest BCUT2D eigenvalue weighted by atomic mass is 9.97. The van der Waals surface area contributed by atoms with Gasteiger partial charge in [-0.1, -0.05) is 44.2 Å². The van der Waals surface area contributed by atoms with E-state index in [4.69, 9.17) is 0 Å². The SMILES string of the molecule is CC(C)c1cccc2c1C(=O)N(CSc1ccccc1)S2(=O)=O. The van der Waals surface area contributed by atoms with E-state index < -0.39 is 15.9 Å². The minimum atomic E-state index is -3.76. The second-order valence-corrected chi connectivity index (χ2v) is 8.47. The molecule has 0 aromatic heterocycles. The first-order valence-corrected chi connectivity index (χ1v) is 9.73. The van der Waals surface area contributed by atoms with Gasteiger partial charge in [0.2, 0.25) is 0 Å². The minimum Gasteiger partial charge on any atom is -0.268 e. The molecular formula is C17H17NO3S2. The number of hydrogen-bond donors (Lipinski definition) is 0. The molecule has 120 valence electrons. The van der Waals surface area contributed by atoms with E-state index in [1.165, 1.54) is 17.8 Å². The summed E-state index contributed by atoms with van der Waals surface area (Å²) in [6, 6.07) is 14.5. The Kier molecular flexibility index (Phi) is 4.21. The summed E-state index contributed by atoms with van der Waals surface area (Å²) in [5.74, 6) is -0.254. The summed E-state index contributed by atoms with van der Waals surface area (Å²) < 4.78 is 26.3. The van der Waals surface area contributed by atoms with Crippen molar-refractivity contribution in [1.82, 2.24) is 4.31 Å². The third kappa shape index (κ3) is 2.77. The Morgan fingerprint density at radius 1 is 1.04 bits per heavy atom. The van der Waals surface area contributed by atoms with E-state index in [9.17, 15) is 13.2 Å². The first-order chi connectivity index (χ1) is 10.9. The molecule has 2 aromatic rings. The van der Waals surface area contributed by atoms with Crippen LogP contribution in [0.5, 0.6) is 0 Å². The Balaban J connectivity index is 1.95. The number of benzene rings is 2. The molecule has 2 aromatic carbocycles. The van der Waals surface area contributed by atoms with Crippen LogP contribution in [-0.2, 0) is 10.0 Å². The molecule has 23 heavy (non-hydrogen) atoms. The zero-order valence-electron chi connectivity index (χ0n) is 12.9. The molecule has 0 radical (unpaired) electrons. The van der Waals surface area contributed by atoms with Crippen LogP contribution in [0.4, 0.5) is 0 Å². The first-order valence-electron chi connectivity index (χ1n) is 7.30. The molecule has 0 atom stereocenters. The van der Waals surface area contributed by atoms with Crippen molar-refractivity contribution in [3.8, 4) is 0 Å². The molecule has 0 unspecified atom stereocenters. The second-order valence-electron chi connectivity index (χ2n) is 5.62. The van der Waals surface area contributed by atoms with Crippen LogP contribution < -0.4 is 0 Å². The molecule has 3 rings (SSSR count). The number of nitrogens with zero attached hydrogens (tertiary/aromatic N) is 1. The molecule has 0 spiro atoms. The Hall–Kier alpha value is -1.79. The third-order valence-corrected chi connectivity index (χ3v) is 6.71. The molecule has 1 amide bonds. The van der Waals surface area contributed by atoms with E-state index in [1.807, 2.05) is 50.2 Å². The van der Waals surface area contributed by atoms with Crippen LogP contribution in [0.1, 0.15) is 35.7 Å². The smallest absolute Gasteiger partial charge is 0.268 e. The van der Waals surface area contributed by atoms with Crippen LogP contribution in [0.2, 0.25) is 0 Å². The molecule has 0 bridgehead atoms. The molecular weight excluding hydrogens is 330 g/mol. The van der Waals surface area contributed by atoms with Crippen molar-refractivity contribution in [2.75, 3.05) is 5.88 Å². The van der Waals surface area contributed by atoms with Gasteiger partial charge >= 0.3 is 0 Å². The van der Waals surface area contributed by atoms with Gasteiger partial charge in [0, 0.05) is 4.90 Å². The summed E-state index contributed by atoms with van der Waals surface area (Å²) in [4.78, 5) is 13.7. The number of thioether (sulfide) groups is 1. The lowest BCUT2D eigenvalue weighted by molar-refractivity contribution is 0.0885. The largest absolute Gasteiger partial charge is 0.270 e. The minimum absolute atomic E-state index is 0.0807. The highest BCUT2D eigenvalue weighted by Gasteiger charge is 2.42. The van der Waals surface area contributed by atoms with E-state index in [0.717, 1.165) is 14.8 Å². The van der Waals surface area contributed by atoms with Gasteiger partial charge in [0.15, 0.2) is 0 Å². The molecule has 1 heterocycles. The number of carbonyl (C=O) groups is 1. The van der Waals surface area contributed by atoms with Crippen molar-refractivity contribution in [2.45, 2.75) is 29.6 Å². The van der Waals surface area contributed by atoms with E-state index in [0.29, 0.717) is 5.56 Å². The highest BCUT2D eigenvalue weighted by molar-refractivity contribution is 8.00. The highest BCUT2D eigenvalue weighted by Crippen LogP contribution is 2.36. The third-order valence-electron chi connectivity index (χ3n) is 3.78. The monoisotopic (exact) mass is 347 g/mol. The predicted octanol–water partition coefficient (Wildman–Crippen LogP) is 3.70. The van der Waals surface area contributed by atoms with E-state index in [2.05, 4.69) is 0 Å². The molecule has 4 nitrogen and oxygen atoms in total. The van der Waals surface area contributed by atoms with Crippen LogP contribution in [0.15, 0.2) is 58.3 Å². The Morgan fingerprint density at radius 3 is 2.39 bits per heavy atom. The Morgan fingerprint density at radius 2 is 1.74 bits per heavy atom. The van der Waals surface area contributed by atoms with Crippen molar-refractivity contribution >= 4 is 27.7 Å². The van der Waals surface area contributed by atoms with Crippen molar-refractivity contribution < 1.29 is 13.2 Å². The maximum absolute atomic E-state index is 12.7. The number of carbonyl (C=O) groups excluding carboxylic acids is 1. The average Bonchev–Trinajstić information content (AvgIpc) is 2.73. The van der Waals surface area contributed by atoms with Gasteiger partial charge in [0.25, 0.3) is 15.9 Å². The second kappa shape index (κ2) is 6.02. The molecule has 0 fully saturated rings. The van der Waals surface area contributed by atoms with Crippen LogP contribution in [0.25, 0.3) is 0 Å². The lowest BCUT2D eigenvalue weighted by Crippen LogP contribution is -2.29. The highest BCUT2D eigenvalue weighted by atomic mass is 32.2. The zero-order chi connectivity index (χ0) is 16.6. The molecule has 0 N–H and O–H groups in total. The topological polar surface area (TPSA) is 54.5 Å². The fourth-order valence-electron chi connectivity index (χ4n) is 2.60. The van der Waals surface area contributed by atoms with Crippen LogP contribution in [-0.4, -0.2) is 24.5 Å². The van der Waals surface area contributed by atoms with Crippen LogP contribution in [0, 0.1) is 0 Å². The van der Waals surface area contributed by atoms with Crippen molar-refractivity contribution in [3.63, 3.8) is 0 Å². The first kappa shape index (κ1) is 16.1. The van der Waals surface area contributed by atoms with Crippen molar-refractivity contribution in [3.05, 3.63) is 59.7 Å². The summed E-state index contributed by atoms with van der Waals surface area (Å²) in [6.07, 6.45) is 0. The molecule has 0 saturated carbocycles. The molecule has 1 aliphatic rings. The fourth-order valence-corrected chi connectivity index (χ4v) is 5.31. The van der Waals surface area contributed by atoms with E-state index in [-0.39, 0.29) is 16.7 Å². The van der Waals surface area contributed by atoms with Crippen molar-refractivity contribution in [2.24, 2.45) is 0 Å². The van der Waals surface area contributed by atoms with E-state index in [1.54, 1.807) is 6.07 Å².